The number of alkyl carbamates (subject to hydrolysis) is 1. The molecule has 0 aliphatic heterocycles. The highest BCUT2D eigenvalue weighted by atomic mass is 16.5. The molecule has 2 N–H and O–H groups in total. The van der Waals surface area contributed by atoms with Gasteiger partial charge in [-0.05, 0) is 32.1 Å². The number of carbonyl (C=O) groups excluding carboxylic acids is 1. The van der Waals surface area contributed by atoms with Crippen molar-refractivity contribution in [2.24, 2.45) is 0 Å². The highest BCUT2D eigenvalue weighted by Crippen LogP contribution is 2.34. The largest absolute Gasteiger partial charge is 0.450 e. The fraction of sp³-hybridized carbons (Fsp3) is 0.650. The van der Waals surface area contributed by atoms with E-state index >= 15 is 0 Å². The van der Waals surface area contributed by atoms with Crippen LogP contribution < -0.4 is 10.6 Å². The Morgan fingerprint density at radius 3 is 2.89 bits per heavy atom. The fourth-order valence-electron chi connectivity index (χ4n) is 4.05. The lowest BCUT2D eigenvalue weighted by atomic mass is 9.87. The standard InChI is InChI=1S/C20H29N5O2/c1-2-3-10-27-20(26)23-16-11-15(12-16)22-19-13-17(14-6-4-5-7-14)24-18-8-9-21-25(18)19/h8-9,13-16,22H,2-7,10-12H2,1H3,(H,23,26). The van der Waals surface area contributed by atoms with Gasteiger partial charge in [0.05, 0.1) is 12.8 Å². The molecule has 146 valence electrons. The van der Waals surface area contributed by atoms with Crippen LogP contribution in [0.3, 0.4) is 0 Å². The zero-order chi connectivity index (χ0) is 18.6. The number of ether oxygens (including phenoxy) is 1. The van der Waals surface area contributed by atoms with Crippen LogP contribution in [0.4, 0.5) is 10.6 Å². The van der Waals surface area contributed by atoms with Crippen molar-refractivity contribution in [3.63, 3.8) is 0 Å². The average molecular weight is 371 g/mol. The van der Waals surface area contributed by atoms with Gasteiger partial charge in [0.1, 0.15) is 5.82 Å². The third kappa shape index (κ3) is 4.17. The Kier molecular flexibility index (Phi) is 5.45. The number of carbonyl (C=O) groups is 1. The lowest BCUT2D eigenvalue weighted by Crippen LogP contribution is -2.50. The van der Waals surface area contributed by atoms with Gasteiger partial charge in [-0.25, -0.2) is 9.78 Å². The predicted molar refractivity (Wildman–Crippen MR) is 104 cm³/mol. The third-order valence-electron chi connectivity index (χ3n) is 5.70. The third-order valence-corrected chi connectivity index (χ3v) is 5.70. The van der Waals surface area contributed by atoms with Crippen LogP contribution in [0.15, 0.2) is 18.3 Å². The SMILES string of the molecule is CCCCOC(=O)NC1CC(Nc2cc(C3CCCC3)nc3ccnn23)C1. The monoisotopic (exact) mass is 371 g/mol. The number of amides is 1. The minimum atomic E-state index is -0.297. The van der Waals surface area contributed by atoms with Crippen LogP contribution in [0.5, 0.6) is 0 Å². The molecule has 0 unspecified atom stereocenters. The number of fused-ring (bicyclic) bond motifs is 1. The van der Waals surface area contributed by atoms with E-state index in [2.05, 4.69) is 28.7 Å². The maximum atomic E-state index is 11.7. The first kappa shape index (κ1) is 18.1. The molecule has 2 aliphatic carbocycles. The van der Waals surface area contributed by atoms with Crippen LogP contribution in [0.2, 0.25) is 0 Å². The molecule has 0 saturated heterocycles. The van der Waals surface area contributed by atoms with Gasteiger partial charge in [0.2, 0.25) is 0 Å². The predicted octanol–water partition coefficient (Wildman–Crippen LogP) is 3.86. The minimum Gasteiger partial charge on any atom is -0.450 e. The number of nitrogens with zero attached hydrogens (tertiary/aromatic N) is 3. The van der Waals surface area contributed by atoms with Gasteiger partial charge in [0.25, 0.3) is 0 Å². The topological polar surface area (TPSA) is 80.5 Å². The minimum absolute atomic E-state index is 0.181. The molecule has 2 saturated carbocycles. The van der Waals surface area contributed by atoms with Gasteiger partial charge < -0.3 is 15.4 Å². The van der Waals surface area contributed by atoms with E-state index in [0.717, 1.165) is 37.1 Å². The Labute approximate surface area is 159 Å². The Bertz CT molecular complexity index is 778. The van der Waals surface area contributed by atoms with Crippen molar-refractivity contribution >= 4 is 17.6 Å². The maximum Gasteiger partial charge on any atom is 0.407 e. The Hall–Kier alpha value is -2.31. The molecule has 2 aliphatic rings. The molecule has 0 atom stereocenters. The number of hydrogen-bond acceptors (Lipinski definition) is 5. The summed E-state index contributed by atoms with van der Waals surface area (Å²) in [6, 6.07) is 4.63. The second-order valence-electron chi connectivity index (χ2n) is 7.79. The van der Waals surface area contributed by atoms with Crippen molar-refractivity contribution in [3.8, 4) is 0 Å². The molecule has 1 amide bonds. The molecule has 7 heteroatoms. The molecule has 0 aromatic carbocycles. The van der Waals surface area contributed by atoms with Gasteiger partial charge >= 0.3 is 6.09 Å². The van der Waals surface area contributed by atoms with Crippen LogP contribution in [0.25, 0.3) is 5.65 Å². The number of aromatic nitrogens is 3. The molecule has 0 bridgehead atoms. The van der Waals surface area contributed by atoms with E-state index in [1.54, 1.807) is 6.20 Å². The zero-order valence-corrected chi connectivity index (χ0v) is 16.0. The molecular formula is C20H29N5O2. The van der Waals surface area contributed by atoms with E-state index in [1.807, 2.05) is 10.6 Å². The van der Waals surface area contributed by atoms with Crippen LogP contribution in [-0.4, -0.2) is 39.4 Å². The van der Waals surface area contributed by atoms with Crippen molar-refractivity contribution in [1.82, 2.24) is 19.9 Å². The van der Waals surface area contributed by atoms with Crippen molar-refractivity contribution in [2.45, 2.75) is 76.3 Å². The molecule has 7 nitrogen and oxygen atoms in total. The van der Waals surface area contributed by atoms with E-state index in [-0.39, 0.29) is 12.1 Å². The summed E-state index contributed by atoms with van der Waals surface area (Å²) in [5.41, 5.74) is 2.08. The van der Waals surface area contributed by atoms with E-state index in [9.17, 15) is 4.79 Å². The number of rotatable bonds is 7. The molecule has 0 radical (unpaired) electrons. The van der Waals surface area contributed by atoms with Gasteiger partial charge in [-0.2, -0.15) is 9.61 Å². The van der Waals surface area contributed by atoms with Gasteiger partial charge in [0, 0.05) is 35.8 Å². The van der Waals surface area contributed by atoms with Crippen LogP contribution in [-0.2, 0) is 4.74 Å². The van der Waals surface area contributed by atoms with Crippen LogP contribution in [0.1, 0.15) is 69.9 Å². The quantitative estimate of drug-likeness (QED) is 0.723. The lowest BCUT2D eigenvalue weighted by molar-refractivity contribution is 0.133. The van der Waals surface area contributed by atoms with Gasteiger partial charge in [-0.3, -0.25) is 0 Å². The van der Waals surface area contributed by atoms with Crippen molar-refractivity contribution < 1.29 is 9.53 Å². The number of nitrogens with one attached hydrogen (secondary N) is 2. The van der Waals surface area contributed by atoms with Crippen LogP contribution in [0, 0.1) is 0 Å². The highest BCUT2D eigenvalue weighted by molar-refractivity contribution is 5.67. The summed E-state index contributed by atoms with van der Waals surface area (Å²) in [5.74, 6) is 1.57. The smallest absolute Gasteiger partial charge is 0.407 e. The summed E-state index contributed by atoms with van der Waals surface area (Å²) < 4.78 is 7.04. The molecule has 2 aromatic rings. The normalized spacial score (nSPS) is 22.6. The maximum absolute atomic E-state index is 11.7. The number of anilines is 1. The lowest BCUT2D eigenvalue weighted by Gasteiger charge is -2.36. The van der Waals surface area contributed by atoms with Crippen molar-refractivity contribution in [3.05, 3.63) is 24.0 Å². The molecule has 2 fully saturated rings. The highest BCUT2D eigenvalue weighted by Gasteiger charge is 2.31. The number of unbranched alkanes of at least 4 members (excludes halogenated alkanes) is 1. The average Bonchev–Trinajstić information content (AvgIpc) is 3.31. The zero-order valence-electron chi connectivity index (χ0n) is 16.0. The van der Waals surface area contributed by atoms with E-state index < -0.39 is 0 Å². The first-order valence-electron chi connectivity index (χ1n) is 10.3. The Balaban J connectivity index is 1.34. The summed E-state index contributed by atoms with van der Waals surface area (Å²) in [5, 5.41) is 10.9. The first-order chi connectivity index (χ1) is 13.2. The summed E-state index contributed by atoms with van der Waals surface area (Å²) in [6.45, 7) is 2.58. The summed E-state index contributed by atoms with van der Waals surface area (Å²) in [6.07, 6.45) is 10.3. The molecule has 2 heterocycles. The van der Waals surface area contributed by atoms with Gasteiger partial charge in [0.15, 0.2) is 5.65 Å². The molecule has 0 spiro atoms. The first-order valence-corrected chi connectivity index (χ1v) is 10.3. The summed E-state index contributed by atoms with van der Waals surface area (Å²) in [4.78, 5) is 16.5. The van der Waals surface area contributed by atoms with Crippen molar-refractivity contribution in [2.75, 3.05) is 11.9 Å². The van der Waals surface area contributed by atoms with E-state index in [0.29, 0.717) is 18.6 Å². The molecular weight excluding hydrogens is 342 g/mol. The van der Waals surface area contributed by atoms with E-state index in [1.165, 1.54) is 31.4 Å². The molecule has 4 rings (SSSR count). The fourth-order valence-corrected chi connectivity index (χ4v) is 4.05. The van der Waals surface area contributed by atoms with Crippen molar-refractivity contribution in [1.29, 1.82) is 0 Å². The summed E-state index contributed by atoms with van der Waals surface area (Å²) in [7, 11) is 0. The number of hydrogen-bond donors (Lipinski definition) is 2. The van der Waals surface area contributed by atoms with Crippen LogP contribution >= 0.6 is 0 Å². The second-order valence-corrected chi connectivity index (χ2v) is 7.79. The summed E-state index contributed by atoms with van der Waals surface area (Å²) >= 11 is 0. The molecule has 2 aromatic heterocycles. The van der Waals surface area contributed by atoms with Gasteiger partial charge in [-0.1, -0.05) is 26.2 Å². The molecule has 27 heavy (non-hydrogen) atoms. The second kappa shape index (κ2) is 8.15. The Morgan fingerprint density at radius 2 is 2.11 bits per heavy atom. The Morgan fingerprint density at radius 1 is 1.30 bits per heavy atom. The van der Waals surface area contributed by atoms with Gasteiger partial charge in [-0.15, -0.1) is 0 Å². The van der Waals surface area contributed by atoms with E-state index in [4.69, 9.17) is 9.72 Å².